The van der Waals surface area contributed by atoms with Gasteiger partial charge in [-0.05, 0) is 53.5 Å². The zero-order valence-corrected chi connectivity index (χ0v) is 18.6. The normalized spacial score (nSPS) is 10.4. The maximum Gasteiger partial charge on any atom is 0.274 e. The summed E-state index contributed by atoms with van der Waals surface area (Å²) in [7, 11) is 0. The Morgan fingerprint density at radius 3 is 2.52 bits per heavy atom. The number of nitrogens with zero attached hydrogens (tertiary/aromatic N) is 1. The van der Waals surface area contributed by atoms with Gasteiger partial charge in [0, 0.05) is 22.9 Å². The average Bonchev–Trinajstić information content (AvgIpc) is 2.75. The van der Waals surface area contributed by atoms with E-state index in [1.807, 2.05) is 37.3 Å². The van der Waals surface area contributed by atoms with Crippen molar-refractivity contribution in [1.29, 1.82) is 0 Å². The van der Waals surface area contributed by atoms with E-state index in [-0.39, 0.29) is 5.69 Å². The highest BCUT2D eigenvalue weighted by atomic mass is 79.9. The van der Waals surface area contributed by atoms with E-state index in [1.54, 1.807) is 31.2 Å². The van der Waals surface area contributed by atoms with Crippen LogP contribution in [0.4, 0.5) is 11.4 Å². The summed E-state index contributed by atoms with van der Waals surface area (Å²) >= 11 is 3.46. The van der Waals surface area contributed by atoms with Crippen molar-refractivity contribution in [2.45, 2.75) is 20.5 Å². The predicted molar refractivity (Wildman–Crippen MR) is 122 cm³/mol. The number of halogens is 1. The fraction of sp³-hybridized carbons (Fsp3) is 0.174. The molecule has 1 amide bonds. The Morgan fingerprint density at radius 2 is 1.84 bits per heavy atom. The Morgan fingerprint density at radius 1 is 1.10 bits per heavy atom. The molecule has 0 bridgehead atoms. The number of nitrogens with one attached hydrogen (secondary N) is 1. The van der Waals surface area contributed by atoms with E-state index in [1.165, 1.54) is 6.07 Å². The summed E-state index contributed by atoms with van der Waals surface area (Å²) in [5, 5.41) is 13.8. The molecule has 0 spiro atoms. The van der Waals surface area contributed by atoms with Crippen LogP contribution in [0.3, 0.4) is 0 Å². The third-order valence-corrected chi connectivity index (χ3v) is 5.05. The van der Waals surface area contributed by atoms with Crippen molar-refractivity contribution in [3.8, 4) is 11.5 Å². The van der Waals surface area contributed by atoms with Gasteiger partial charge in [0.1, 0.15) is 6.61 Å². The molecule has 0 aromatic heterocycles. The largest absolute Gasteiger partial charge is 0.490 e. The number of amides is 1. The SMILES string of the molecule is CCOc1cc(C(=O)Nc2ccc(C)c([N+](=O)[O-])c2)cc(Br)c1OCc1ccccc1. The number of aryl methyl sites for hydroxylation is 1. The lowest BCUT2D eigenvalue weighted by atomic mass is 10.1. The number of ether oxygens (including phenoxy) is 2. The van der Waals surface area contributed by atoms with Gasteiger partial charge >= 0.3 is 0 Å². The first-order chi connectivity index (χ1) is 14.9. The fourth-order valence-corrected chi connectivity index (χ4v) is 3.48. The second kappa shape index (κ2) is 10.1. The van der Waals surface area contributed by atoms with Gasteiger partial charge < -0.3 is 14.8 Å². The molecule has 0 saturated carbocycles. The second-order valence-electron chi connectivity index (χ2n) is 6.71. The molecule has 8 heteroatoms. The third kappa shape index (κ3) is 5.61. The van der Waals surface area contributed by atoms with E-state index >= 15 is 0 Å². The molecule has 3 rings (SSSR count). The van der Waals surface area contributed by atoms with Crippen LogP contribution >= 0.6 is 15.9 Å². The number of carbonyl (C=O) groups is 1. The Balaban J connectivity index is 1.83. The number of rotatable bonds is 8. The summed E-state index contributed by atoms with van der Waals surface area (Å²) in [4.78, 5) is 23.5. The lowest BCUT2D eigenvalue weighted by Gasteiger charge is -2.15. The van der Waals surface area contributed by atoms with Gasteiger partial charge in [0.15, 0.2) is 11.5 Å². The summed E-state index contributed by atoms with van der Waals surface area (Å²) in [6.45, 7) is 4.22. The van der Waals surface area contributed by atoms with Gasteiger partial charge in [-0.1, -0.05) is 36.4 Å². The zero-order valence-electron chi connectivity index (χ0n) is 17.1. The molecule has 1 N–H and O–H groups in total. The predicted octanol–water partition coefficient (Wildman–Crippen LogP) is 5.90. The molecule has 0 fully saturated rings. The minimum atomic E-state index is -0.479. The van der Waals surface area contributed by atoms with Gasteiger partial charge in [0.05, 0.1) is 16.0 Å². The van der Waals surface area contributed by atoms with E-state index in [2.05, 4.69) is 21.2 Å². The van der Waals surface area contributed by atoms with E-state index in [0.29, 0.717) is 46.0 Å². The van der Waals surface area contributed by atoms with Crippen molar-refractivity contribution >= 4 is 33.2 Å². The molecule has 160 valence electrons. The van der Waals surface area contributed by atoms with Crippen LogP contribution in [-0.4, -0.2) is 17.4 Å². The lowest BCUT2D eigenvalue weighted by molar-refractivity contribution is -0.385. The number of benzene rings is 3. The summed E-state index contributed by atoms with van der Waals surface area (Å²) in [6.07, 6.45) is 0. The minimum Gasteiger partial charge on any atom is -0.490 e. The Kier molecular flexibility index (Phi) is 7.25. The molecule has 0 aliphatic carbocycles. The second-order valence-corrected chi connectivity index (χ2v) is 7.56. The lowest BCUT2D eigenvalue weighted by Crippen LogP contribution is -2.13. The van der Waals surface area contributed by atoms with Crippen molar-refractivity contribution in [2.24, 2.45) is 0 Å². The number of hydrogen-bond donors (Lipinski definition) is 1. The van der Waals surface area contributed by atoms with E-state index in [4.69, 9.17) is 9.47 Å². The van der Waals surface area contributed by atoms with Crippen LogP contribution in [0.2, 0.25) is 0 Å². The topological polar surface area (TPSA) is 90.7 Å². The van der Waals surface area contributed by atoms with Crippen molar-refractivity contribution in [2.75, 3.05) is 11.9 Å². The first-order valence-corrected chi connectivity index (χ1v) is 10.4. The molecule has 0 atom stereocenters. The molecule has 0 heterocycles. The Hall–Kier alpha value is -3.39. The summed E-state index contributed by atoms with van der Waals surface area (Å²) in [5.74, 6) is 0.496. The zero-order chi connectivity index (χ0) is 22.4. The molecule has 3 aromatic rings. The fourth-order valence-electron chi connectivity index (χ4n) is 2.92. The monoisotopic (exact) mass is 484 g/mol. The van der Waals surface area contributed by atoms with Gasteiger partial charge in [-0.2, -0.15) is 0 Å². The first-order valence-electron chi connectivity index (χ1n) is 9.58. The van der Waals surface area contributed by atoms with Crippen LogP contribution in [0.1, 0.15) is 28.4 Å². The number of nitro benzene ring substituents is 1. The number of anilines is 1. The van der Waals surface area contributed by atoms with Crippen LogP contribution in [0.5, 0.6) is 11.5 Å². The highest BCUT2D eigenvalue weighted by Crippen LogP contribution is 2.38. The van der Waals surface area contributed by atoms with E-state index in [9.17, 15) is 14.9 Å². The quantitative estimate of drug-likeness (QED) is 0.317. The first kappa shape index (κ1) is 22.3. The number of nitro groups is 1. The molecule has 7 nitrogen and oxygen atoms in total. The average molecular weight is 485 g/mol. The molecule has 31 heavy (non-hydrogen) atoms. The van der Waals surface area contributed by atoms with Crippen molar-refractivity contribution < 1.29 is 19.2 Å². The summed E-state index contributed by atoms with van der Waals surface area (Å²) in [5.41, 5.74) is 2.12. The maximum atomic E-state index is 12.8. The molecule has 0 radical (unpaired) electrons. The summed E-state index contributed by atoms with van der Waals surface area (Å²) in [6, 6.07) is 17.5. The van der Waals surface area contributed by atoms with Crippen molar-refractivity contribution in [3.63, 3.8) is 0 Å². The third-order valence-electron chi connectivity index (χ3n) is 4.46. The van der Waals surface area contributed by atoms with Crippen molar-refractivity contribution in [3.05, 3.63) is 91.9 Å². The molecule has 0 aliphatic rings. The van der Waals surface area contributed by atoms with Gasteiger partial charge in [-0.15, -0.1) is 0 Å². The smallest absolute Gasteiger partial charge is 0.274 e. The van der Waals surface area contributed by atoms with Gasteiger partial charge in [0.25, 0.3) is 11.6 Å². The number of carbonyl (C=O) groups excluding carboxylic acids is 1. The maximum absolute atomic E-state index is 12.8. The standard InChI is InChI=1S/C23H21BrN2O5/c1-3-30-21-12-17(11-19(24)22(21)31-14-16-7-5-4-6-8-16)23(27)25-18-10-9-15(2)20(13-18)26(28)29/h4-13H,3,14H2,1-2H3,(H,25,27). The van der Waals surface area contributed by atoms with Crippen molar-refractivity contribution in [1.82, 2.24) is 0 Å². The van der Waals surface area contributed by atoms with Crippen LogP contribution in [0, 0.1) is 17.0 Å². The molecule has 3 aromatic carbocycles. The molecule has 0 unspecified atom stereocenters. The highest BCUT2D eigenvalue weighted by molar-refractivity contribution is 9.10. The van der Waals surface area contributed by atoms with Crippen LogP contribution in [0.25, 0.3) is 0 Å². The number of hydrogen-bond acceptors (Lipinski definition) is 5. The van der Waals surface area contributed by atoms with E-state index < -0.39 is 10.8 Å². The molecule has 0 saturated heterocycles. The van der Waals surface area contributed by atoms with Crippen LogP contribution in [-0.2, 0) is 6.61 Å². The van der Waals surface area contributed by atoms with Gasteiger partial charge in [0.2, 0.25) is 0 Å². The Bertz CT molecular complexity index is 1100. The molecular weight excluding hydrogens is 464 g/mol. The Labute approximate surface area is 188 Å². The van der Waals surface area contributed by atoms with E-state index in [0.717, 1.165) is 5.56 Å². The minimum absolute atomic E-state index is 0.0568. The highest BCUT2D eigenvalue weighted by Gasteiger charge is 2.18. The van der Waals surface area contributed by atoms with Crippen LogP contribution < -0.4 is 14.8 Å². The van der Waals surface area contributed by atoms with Gasteiger partial charge in [-0.25, -0.2) is 0 Å². The molecule has 0 aliphatic heterocycles. The summed E-state index contributed by atoms with van der Waals surface area (Å²) < 4.78 is 12.2. The van der Waals surface area contributed by atoms with Gasteiger partial charge in [-0.3, -0.25) is 14.9 Å². The van der Waals surface area contributed by atoms with Crippen LogP contribution in [0.15, 0.2) is 65.1 Å². The molecular formula is C23H21BrN2O5.